The van der Waals surface area contributed by atoms with E-state index in [2.05, 4.69) is 10.5 Å². The smallest absolute Gasteiger partial charge is 0.257 e. The van der Waals surface area contributed by atoms with Gasteiger partial charge >= 0.3 is 0 Å². The van der Waals surface area contributed by atoms with Gasteiger partial charge in [-0.25, -0.2) is 8.78 Å². The Bertz CT molecular complexity index is 699. The molecule has 1 atom stereocenters. The molecule has 3 rings (SSSR count). The molecule has 2 aromatic rings. The molecule has 1 unspecified atom stereocenters. The van der Waals surface area contributed by atoms with E-state index in [0.29, 0.717) is 13.2 Å². The van der Waals surface area contributed by atoms with Crippen LogP contribution in [0.4, 0.5) is 14.7 Å². The molecule has 2 heterocycles. The lowest BCUT2D eigenvalue weighted by Crippen LogP contribution is -2.46. The van der Waals surface area contributed by atoms with Crippen LogP contribution in [0.15, 0.2) is 28.8 Å². The third-order valence-electron chi connectivity index (χ3n) is 3.54. The lowest BCUT2D eigenvalue weighted by Gasteiger charge is -2.28. The van der Waals surface area contributed by atoms with Gasteiger partial charge in [-0.15, -0.1) is 0 Å². The first-order valence-corrected chi connectivity index (χ1v) is 7.06. The molecule has 8 heteroatoms. The molecule has 1 aromatic carbocycles. The number of carbonyl (C=O) groups excluding carboxylic acids is 1. The Kier molecular flexibility index (Phi) is 4.35. The van der Waals surface area contributed by atoms with Gasteiger partial charge in [-0.3, -0.25) is 10.1 Å². The molecule has 0 bridgehead atoms. The largest absolute Gasteiger partial charge is 0.366 e. The van der Waals surface area contributed by atoms with E-state index in [9.17, 15) is 13.6 Å². The van der Waals surface area contributed by atoms with Gasteiger partial charge in [-0.2, -0.15) is 0 Å². The average Bonchev–Trinajstić information content (AvgIpc) is 2.95. The highest BCUT2D eigenvalue weighted by atomic mass is 19.1. The molecule has 1 fully saturated rings. The number of hydrogen-bond donors (Lipinski definition) is 1. The van der Waals surface area contributed by atoms with Crippen LogP contribution in [0.5, 0.6) is 0 Å². The SMILES string of the molecule is CN1CCOC(C(=O)Nc2cc(-c3c(F)cccc3F)no2)C1. The normalized spacial score (nSPS) is 18.8. The van der Waals surface area contributed by atoms with Crippen molar-refractivity contribution < 1.29 is 22.8 Å². The summed E-state index contributed by atoms with van der Waals surface area (Å²) < 4.78 is 37.7. The minimum Gasteiger partial charge on any atom is -0.366 e. The van der Waals surface area contributed by atoms with Gasteiger partial charge in [0.05, 0.1) is 12.2 Å². The van der Waals surface area contributed by atoms with E-state index in [1.54, 1.807) is 0 Å². The van der Waals surface area contributed by atoms with E-state index in [4.69, 9.17) is 9.26 Å². The second-order valence-corrected chi connectivity index (χ2v) is 5.28. The molecule has 122 valence electrons. The number of morpholine rings is 1. The van der Waals surface area contributed by atoms with Crippen molar-refractivity contribution in [2.75, 3.05) is 32.1 Å². The van der Waals surface area contributed by atoms with Crippen LogP contribution in [0, 0.1) is 11.6 Å². The number of ether oxygens (including phenoxy) is 1. The fourth-order valence-electron chi connectivity index (χ4n) is 2.33. The van der Waals surface area contributed by atoms with Gasteiger partial charge in [-0.05, 0) is 19.2 Å². The van der Waals surface area contributed by atoms with Crippen LogP contribution in [0.2, 0.25) is 0 Å². The summed E-state index contributed by atoms with van der Waals surface area (Å²) in [5.41, 5.74) is -0.331. The molecule has 1 aliphatic heterocycles. The number of hydrogen-bond acceptors (Lipinski definition) is 5. The van der Waals surface area contributed by atoms with Crippen molar-refractivity contribution >= 4 is 11.8 Å². The summed E-state index contributed by atoms with van der Waals surface area (Å²) in [6, 6.07) is 4.77. The third-order valence-corrected chi connectivity index (χ3v) is 3.54. The molecule has 1 saturated heterocycles. The molecule has 0 saturated carbocycles. The number of rotatable bonds is 3. The predicted molar refractivity (Wildman–Crippen MR) is 77.7 cm³/mol. The molecule has 1 aromatic heterocycles. The van der Waals surface area contributed by atoms with E-state index in [1.165, 1.54) is 12.1 Å². The molecule has 0 aliphatic carbocycles. The molecule has 23 heavy (non-hydrogen) atoms. The Labute approximate surface area is 131 Å². The topological polar surface area (TPSA) is 67.6 Å². The number of benzene rings is 1. The standard InChI is InChI=1S/C15H15F2N3O3/c1-20-5-6-22-12(8-20)15(21)18-13-7-11(19-23-13)14-9(16)3-2-4-10(14)17/h2-4,7,12H,5-6,8H2,1H3,(H,18,21). The van der Waals surface area contributed by atoms with Crippen molar-refractivity contribution in [1.29, 1.82) is 0 Å². The highest BCUT2D eigenvalue weighted by Gasteiger charge is 2.26. The monoisotopic (exact) mass is 323 g/mol. The number of halogens is 2. The summed E-state index contributed by atoms with van der Waals surface area (Å²) in [6.45, 7) is 1.66. The van der Waals surface area contributed by atoms with Crippen LogP contribution in [-0.4, -0.2) is 48.8 Å². The zero-order valence-electron chi connectivity index (χ0n) is 12.4. The fraction of sp³-hybridized carbons (Fsp3) is 0.333. The van der Waals surface area contributed by atoms with Crippen molar-refractivity contribution in [3.05, 3.63) is 35.9 Å². The third kappa shape index (κ3) is 3.38. The number of aromatic nitrogens is 1. The Hall–Kier alpha value is -2.32. The van der Waals surface area contributed by atoms with Gasteiger partial charge in [-0.1, -0.05) is 11.2 Å². The van der Waals surface area contributed by atoms with Gasteiger partial charge in [0.25, 0.3) is 5.91 Å². The van der Waals surface area contributed by atoms with Crippen molar-refractivity contribution in [1.82, 2.24) is 10.1 Å². The van der Waals surface area contributed by atoms with Crippen molar-refractivity contribution in [3.63, 3.8) is 0 Å². The Morgan fingerprint density at radius 2 is 2.13 bits per heavy atom. The maximum Gasteiger partial charge on any atom is 0.257 e. The number of nitrogens with zero attached hydrogens (tertiary/aromatic N) is 2. The maximum atomic E-state index is 13.7. The second kappa shape index (κ2) is 6.43. The Morgan fingerprint density at radius 3 is 2.83 bits per heavy atom. The van der Waals surface area contributed by atoms with E-state index in [-0.39, 0.29) is 17.1 Å². The first-order chi connectivity index (χ1) is 11.0. The van der Waals surface area contributed by atoms with Gasteiger partial charge in [0, 0.05) is 19.2 Å². The van der Waals surface area contributed by atoms with Gasteiger partial charge in [0.2, 0.25) is 5.88 Å². The summed E-state index contributed by atoms with van der Waals surface area (Å²) in [4.78, 5) is 14.1. The highest BCUT2D eigenvalue weighted by Crippen LogP contribution is 2.27. The number of amides is 1. The number of nitrogens with one attached hydrogen (secondary N) is 1. The van der Waals surface area contributed by atoms with E-state index in [1.807, 2.05) is 11.9 Å². The average molecular weight is 323 g/mol. The number of anilines is 1. The molecular formula is C15H15F2N3O3. The fourth-order valence-corrected chi connectivity index (χ4v) is 2.33. The minimum absolute atomic E-state index is 0.00415. The quantitative estimate of drug-likeness (QED) is 0.934. The second-order valence-electron chi connectivity index (χ2n) is 5.28. The van der Waals surface area contributed by atoms with Crippen LogP contribution in [0.25, 0.3) is 11.3 Å². The Morgan fingerprint density at radius 1 is 1.39 bits per heavy atom. The summed E-state index contributed by atoms with van der Waals surface area (Å²) >= 11 is 0. The summed E-state index contributed by atoms with van der Waals surface area (Å²) in [5.74, 6) is -1.90. The van der Waals surface area contributed by atoms with Gasteiger partial charge in [0.15, 0.2) is 0 Å². The van der Waals surface area contributed by atoms with Gasteiger partial charge < -0.3 is 14.2 Å². The number of carbonyl (C=O) groups is 1. The minimum atomic E-state index is -0.756. The van der Waals surface area contributed by atoms with Crippen molar-refractivity contribution in [2.45, 2.75) is 6.10 Å². The molecule has 0 spiro atoms. The lowest BCUT2D eigenvalue weighted by atomic mass is 10.1. The van der Waals surface area contributed by atoms with Crippen LogP contribution in [0.3, 0.4) is 0 Å². The molecule has 1 N–H and O–H groups in total. The zero-order valence-corrected chi connectivity index (χ0v) is 12.4. The van der Waals surface area contributed by atoms with E-state index < -0.39 is 23.6 Å². The van der Waals surface area contributed by atoms with Crippen molar-refractivity contribution in [3.8, 4) is 11.3 Å². The van der Waals surface area contributed by atoms with Crippen LogP contribution in [0.1, 0.15) is 0 Å². The number of likely N-dealkylation sites (N-methyl/N-ethyl adjacent to an activating group) is 1. The molecule has 6 nitrogen and oxygen atoms in total. The molecule has 0 radical (unpaired) electrons. The van der Waals surface area contributed by atoms with E-state index in [0.717, 1.165) is 18.7 Å². The predicted octanol–water partition coefficient (Wildman–Crippen LogP) is 1.89. The molecular weight excluding hydrogens is 308 g/mol. The summed E-state index contributed by atoms with van der Waals surface area (Å²) in [5, 5.41) is 6.10. The van der Waals surface area contributed by atoms with Crippen LogP contribution in [-0.2, 0) is 9.53 Å². The van der Waals surface area contributed by atoms with Crippen LogP contribution >= 0.6 is 0 Å². The summed E-state index contributed by atoms with van der Waals surface area (Å²) in [6.07, 6.45) is -0.632. The first-order valence-electron chi connectivity index (χ1n) is 7.06. The molecule has 1 aliphatic rings. The van der Waals surface area contributed by atoms with Crippen LogP contribution < -0.4 is 5.32 Å². The zero-order chi connectivity index (χ0) is 16.4. The maximum absolute atomic E-state index is 13.7. The lowest BCUT2D eigenvalue weighted by molar-refractivity contribution is -0.132. The van der Waals surface area contributed by atoms with Gasteiger partial charge in [0.1, 0.15) is 23.4 Å². The highest BCUT2D eigenvalue weighted by molar-refractivity contribution is 5.93. The Balaban J connectivity index is 1.73. The summed E-state index contributed by atoms with van der Waals surface area (Å²) in [7, 11) is 1.89. The first kappa shape index (κ1) is 15.6. The molecule has 1 amide bonds. The van der Waals surface area contributed by atoms with E-state index >= 15 is 0 Å². The van der Waals surface area contributed by atoms with Crippen molar-refractivity contribution in [2.24, 2.45) is 0 Å².